The molecule has 2 nitrogen and oxygen atoms in total. The molecule has 0 spiro atoms. The Labute approximate surface area is 81.5 Å². The summed E-state index contributed by atoms with van der Waals surface area (Å²) >= 11 is 1.67. The Morgan fingerprint density at radius 3 is 2.77 bits per heavy atom. The summed E-state index contributed by atoms with van der Waals surface area (Å²) in [6.45, 7) is 1.41. The number of carbonyl (C=O) groups is 1. The Bertz CT molecular complexity index is 273. The van der Waals surface area contributed by atoms with Gasteiger partial charge in [0.05, 0.1) is 5.41 Å². The maximum absolute atomic E-state index is 11.1. The van der Waals surface area contributed by atoms with Crippen molar-refractivity contribution in [3.05, 3.63) is 22.4 Å². The average molecular weight is 196 g/mol. The van der Waals surface area contributed by atoms with Crippen molar-refractivity contribution < 1.29 is 9.53 Å². The van der Waals surface area contributed by atoms with Crippen LogP contribution < -0.4 is 0 Å². The van der Waals surface area contributed by atoms with Gasteiger partial charge in [0.1, 0.15) is 6.29 Å². The molecule has 3 heteroatoms. The summed E-state index contributed by atoms with van der Waals surface area (Å²) in [5.41, 5.74) is -0.244. The molecule has 0 amide bonds. The number of rotatable bonds is 2. The van der Waals surface area contributed by atoms with Crippen molar-refractivity contribution in [2.75, 3.05) is 13.2 Å². The molecular weight excluding hydrogens is 184 g/mol. The lowest BCUT2D eigenvalue weighted by molar-refractivity contribution is -0.115. The molecule has 1 saturated heterocycles. The molecule has 1 aromatic heterocycles. The second-order valence-corrected chi connectivity index (χ2v) is 4.31. The lowest BCUT2D eigenvalue weighted by atomic mass is 9.80. The lowest BCUT2D eigenvalue weighted by Crippen LogP contribution is -2.34. The summed E-state index contributed by atoms with van der Waals surface area (Å²) in [6, 6.07) is 4.05. The van der Waals surface area contributed by atoms with Gasteiger partial charge in [-0.3, -0.25) is 0 Å². The molecule has 0 aromatic carbocycles. The molecular formula is C10H12O2S. The van der Waals surface area contributed by atoms with Crippen molar-refractivity contribution in [1.82, 2.24) is 0 Å². The zero-order chi connectivity index (χ0) is 9.15. The van der Waals surface area contributed by atoms with E-state index in [1.807, 2.05) is 17.5 Å². The van der Waals surface area contributed by atoms with E-state index in [9.17, 15) is 4.79 Å². The van der Waals surface area contributed by atoms with Crippen LogP contribution in [0.3, 0.4) is 0 Å². The van der Waals surface area contributed by atoms with E-state index in [2.05, 4.69) is 0 Å². The standard InChI is InChI=1S/C10H12O2S/c11-8-10(3-5-12-6-4-10)9-2-1-7-13-9/h1-2,7-8H,3-6H2. The van der Waals surface area contributed by atoms with E-state index >= 15 is 0 Å². The molecule has 1 aliphatic heterocycles. The molecule has 0 atom stereocenters. The molecule has 0 N–H and O–H groups in total. The number of thiophene rings is 1. The van der Waals surface area contributed by atoms with Crippen molar-refractivity contribution in [3.63, 3.8) is 0 Å². The fraction of sp³-hybridized carbons (Fsp3) is 0.500. The van der Waals surface area contributed by atoms with Crippen LogP contribution in [-0.4, -0.2) is 19.5 Å². The van der Waals surface area contributed by atoms with Gasteiger partial charge in [-0.2, -0.15) is 0 Å². The second kappa shape index (κ2) is 3.60. The zero-order valence-electron chi connectivity index (χ0n) is 7.36. The van der Waals surface area contributed by atoms with E-state index in [1.54, 1.807) is 11.3 Å². The van der Waals surface area contributed by atoms with Gasteiger partial charge < -0.3 is 9.53 Å². The molecule has 0 radical (unpaired) electrons. The molecule has 2 heterocycles. The van der Waals surface area contributed by atoms with Crippen LogP contribution in [0.25, 0.3) is 0 Å². The topological polar surface area (TPSA) is 26.3 Å². The van der Waals surface area contributed by atoms with Crippen LogP contribution in [0.5, 0.6) is 0 Å². The van der Waals surface area contributed by atoms with Gasteiger partial charge in [-0.15, -0.1) is 11.3 Å². The molecule has 70 valence electrons. The summed E-state index contributed by atoms with van der Waals surface area (Å²) < 4.78 is 5.27. The van der Waals surface area contributed by atoms with Gasteiger partial charge in [-0.05, 0) is 24.3 Å². The van der Waals surface area contributed by atoms with E-state index in [-0.39, 0.29) is 5.41 Å². The molecule has 0 aliphatic carbocycles. The average Bonchev–Trinajstić information content (AvgIpc) is 2.72. The number of hydrogen-bond donors (Lipinski definition) is 0. The minimum atomic E-state index is -0.244. The summed E-state index contributed by atoms with van der Waals surface area (Å²) in [5.74, 6) is 0. The number of carbonyl (C=O) groups excluding carboxylic acids is 1. The van der Waals surface area contributed by atoms with E-state index in [1.165, 1.54) is 4.88 Å². The third kappa shape index (κ3) is 1.54. The highest BCUT2D eigenvalue weighted by atomic mass is 32.1. The molecule has 0 unspecified atom stereocenters. The number of hydrogen-bond acceptors (Lipinski definition) is 3. The van der Waals surface area contributed by atoms with Gasteiger partial charge in [-0.1, -0.05) is 6.07 Å². The number of ether oxygens (including phenoxy) is 1. The van der Waals surface area contributed by atoms with Gasteiger partial charge in [0.2, 0.25) is 0 Å². The summed E-state index contributed by atoms with van der Waals surface area (Å²) in [7, 11) is 0. The van der Waals surface area contributed by atoms with E-state index in [0.717, 1.165) is 19.1 Å². The lowest BCUT2D eigenvalue weighted by Gasteiger charge is -2.30. The number of aldehydes is 1. The first-order chi connectivity index (χ1) is 6.37. The zero-order valence-corrected chi connectivity index (χ0v) is 8.18. The first-order valence-electron chi connectivity index (χ1n) is 4.45. The Morgan fingerprint density at radius 2 is 2.23 bits per heavy atom. The first-order valence-corrected chi connectivity index (χ1v) is 5.33. The quantitative estimate of drug-likeness (QED) is 0.676. The third-order valence-electron chi connectivity index (χ3n) is 2.62. The van der Waals surface area contributed by atoms with E-state index in [0.29, 0.717) is 13.2 Å². The molecule has 1 fully saturated rings. The van der Waals surface area contributed by atoms with Gasteiger partial charge >= 0.3 is 0 Å². The summed E-state index contributed by atoms with van der Waals surface area (Å²) in [5, 5.41) is 2.02. The van der Waals surface area contributed by atoms with Crippen molar-refractivity contribution in [2.45, 2.75) is 18.3 Å². The van der Waals surface area contributed by atoms with E-state index in [4.69, 9.17) is 4.74 Å². The van der Waals surface area contributed by atoms with Crippen LogP contribution in [0.2, 0.25) is 0 Å². The molecule has 13 heavy (non-hydrogen) atoms. The van der Waals surface area contributed by atoms with Crippen LogP contribution in [0, 0.1) is 0 Å². The fourth-order valence-corrected chi connectivity index (χ4v) is 2.67. The Morgan fingerprint density at radius 1 is 1.46 bits per heavy atom. The Hall–Kier alpha value is -0.670. The smallest absolute Gasteiger partial charge is 0.131 e. The first kappa shape index (κ1) is 8.91. The van der Waals surface area contributed by atoms with Crippen LogP contribution in [-0.2, 0) is 14.9 Å². The normalized spacial score (nSPS) is 21.2. The maximum Gasteiger partial charge on any atom is 0.131 e. The van der Waals surface area contributed by atoms with E-state index < -0.39 is 0 Å². The monoisotopic (exact) mass is 196 g/mol. The fourth-order valence-electron chi connectivity index (χ4n) is 1.72. The SMILES string of the molecule is O=CC1(c2cccs2)CCOCC1. The van der Waals surface area contributed by atoms with Crippen LogP contribution in [0.1, 0.15) is 17.7 Å². The largest absolute Gasteiger partial charge is 0.381 e. The minimum Gasteiger partial charge on any atom is -0.381 e. The van der Waals surface area contributed by atoms with Gasteiger partial charge in [0.15, 0.2) is 0 Å². The summed E-state index contributed by atoms with van der Waals surface area (Å²) in [6.07, 6.45) is 2.76. The van der Waals surface area contributed by atoms with Crippen LogP contribution >= 0.6 is 11.3 Å². The van der Waals surface area contributed by atoms with Crippen molar-refractivity contribution in [2.24, 2.45) is 0 Å². The predicted molar refractivity (Wildman–Crippen MR) is 52.1 cm³/mol. The van der Waals surface area contributed by atoms with Crippen LogP contribution in [0.15, 0.2) is 17.5 Å². The Kier molecular flexibility index (Phi) is 2.47. The van der Waals surface area contributed by atoms with Gasteiger partial charge in [-0.25, -0.2) is 0 Å². The Balaban J connectivity index is 2.28. The predicted octanol–water partition coefficient (Wildman–Crippen LogP) is 2.00. The molecule has 2 rings (SSSR count). The highest BCUT2D eigenvalue weighted by molar-refractivity contribution is 7.10. The maximum atomic E-state index is 11.1. The van der Waals surface area contributed by atoms with Crippen LogP contribution in [0.4, 0.5) is 0 Å². The van der Waals surface area contributed by atoms with Gasteiger partial charge in [0, 0.05) is 18.1 Å². The van der Waals surface area contributed by atoms with Crippen molar-refractivity contribution in [3.8, 4) is 0 Å². The second-order valence-electron chi connectivity index (χ2n) is 3.36. The molecule has 1 aliphatic rings. The third-order valence-corrected chi connectivity index (χ3v) is 3.71. The van der Waals surface area contributed by atoms with Gasteiger partial charge in [0.25, 0.3) is 0 Å². The molecule has 1 aromatic rings. The summed E-state index contributed by atoms with van der Waals surface area (Å²) in [4.78, 5) is 12.3. The highest BCUT2D eigenvalue weighted by Gasteiger charge is 2.34. The van der Waals surface area contributed by atoms with Crippen molar-refractivity contribution >= 4 is 17.6 Å². The highest BCUT2D eigenvalue weighted by Crippen LogP contribution is 2.35. The van der Waals surface area contributed by atoms with Crippen molar-refractivity contribution in [1.29, 1.82) is 0 Å². The minimum absolute atomic E-state index is 0.244. The molecule has 0 bridgehead atoms. The molecule has 0 saturated carbocycles.